The predicted molar refractivity (Wildman–Crippen MR) is 81.7 cm³/mol. The van der Waals surface area contributed by atoms with Crippen molar-refractivity contribution < 1.29 is 19.4 Å². The second kappa shape index (κ2) is 5.69. The molecule has 0 saturated heterocycles. The van der Waals surface area contributed by atoms with Gasteiger partial charge in [0.05, 0.1) is 6.54 Å². The van der Waals surface area contributed by atoms with Gasteiger partial charge in [0.1, 0.15) is 5.65 Å². The monoisotopic (exact) mass is 309 g/mol. The molecule has 7 heteroatoms. The van der Waals surface area contributed by atoms with Crippen molar-refractivity contribution in [1.29, 1.82) is 0 Å². The smallest absolute Gasteiger partial charge is 0.345 e. The Morgan fingerprint density at radius 3 is 3.13 bits per heavy atom. The highest BCUT2D eigenvalue weighted by atomic mass is 16.5. The molecule has 0 spiro atoms. The lowest BCUT2D eigenvalue weighted by molar-refractivity contribution is -0.134. The maximum absolute atomic E-state index is 12.2. The van der Waals surface area contributed by atoms with Gasteiger partial charge < -0.3 is 20.1 Å². The van der Waals surface area contributed by atoms with E-state index in [4.69, 9.17) is 11.2 Å². The van der Waals surface area contributed by atoms with Crippen molar-refractivity contribution in [3.8, 4) is 12.3 Å². The fraction of sp³-hybridized carbons (Fsp3) is 0.0625. The molecule has 1 aliphatic rings. The molecule has 0 saturated carbocycles. The number of allylic oxidation sites excluding steroid dienone is 1. The summed E-state index contributed by atoms with van der Waals surface area (Å²) in [6, 6.07) is 3.59. The molecular formula is C16H11N3O4. The summed E-state index contributed by atoms with van der Waals surface area (Å²) in [5, 5.41) is 12.6. The number of terminal acetylenes is 1. The lowest BCUT2D eigenvalue weighted by Crippen LogP contribution is -2.18. The van der Waals surface area contributed by atoms with Crippen LogP contribution >= 0.6 is 0 Å². The molecule has 0 aromatic carbocycles. The van der Waals surface area contributed by atoms with Gasteiger partial charge in [0.2, 0.25) is 11.7 Å². The molecule has 0 amide bonds. The third-order valence-electron chi connectivity index (χ3n) is 3.22. The van der Waals surface area contributed by atoms with Crippen LogP contribution in [0.5, 0.6) is 0 Å². The number of carbonyl (C=O) groups excluding carboxylic acids is 1. The summed E-state index contributed by atoms with van der Waals surface area (Å²) in [7, 11) is 0. The van der Waals surface area contributed by atoms with Crippen molar-refractivity contribution in [1.82, 2.24) is 15.3 Å². The van der Waals surface area contributed by atoms with Crippen molar-refractivity contribution >= 4 is 28.9 Å². The number of Topliss-reactive ketones (excluding diaryl/α,β-unsaturated/α-hetero) is 1. The van der Waals surface area contributed by atoms with E-state index >= 15 is 0 Å². The number of carbonyl (C=O) groups is 2. The van der Waals surface area contributed by atoms with E-state index in [0.29, 0.717) is 11.2 Å². The Balaban J connectivity index is 1.98. The van der Waals surface area contributed by atoms with Crippen LogP contribution in [0, 0.1) is 12.3 Å². The van der Waals surface area contributed by atoms with E-state index in [1.165, 1.54) is 6.08 Å². The molecule has 3 heterocycles. The van der Waals surface area contributed by atoms with Gasteiger partial charge >= 0.3 is 5.97 Å². The van der Waals surface area contributed by atoms with Crippen molar-refractivity contribution in [2.75, 3.05) is 6.54 Å². The van der Waals surface area contributed by atoms with Crippen molar-refractivity contribution in [3.05, 3.63) is 47.3 Å². The number of H-pyrrole nitrogens is 1. The van der Waals surface area contributed by atoms with Crippen LogP contribution in [0.25, 0.3) is 17.1 Å². The largest absolute Gasteiger partial charge is 0.477 e. The Bertz CT molecular complexity index is 915. The van der Waals surface area contributed by atoms with Crippen molar-refractivity contribution in [2.45, 2.75) is 0 Å². The van der Waals surface area contributed by atoms with Crippen LogP contribution in [0.15, 0.2) is 41.7 Å². The average molecular weight is 309 g/mol. The lowest BCUT2D eigenvalue weighted by Gasteiger charge is -2.04. The number of fused-ring (bicyclic) bond motifs is 1. The number of hydrogen-bond donors (Lipinski definition) is 3. The summed E-state index contributed by atoms with van der Waals surface area (Å²) in [5.74, 6) is -0.0373. The van der Waals surface area contributed by atoms with E-state index < -0.39 is 17.3 Å². The molecule has 0 bridgehead atoms. The summed E-state index contributed by atoms with van der Waals surface area (Å²) >= 11 is 0. The number of rotatable bonds is 4. The Hall–Kier alpha value is -3.53. The number of nitrogens with one attached hydrogen (secondary N) is 2. The summed E-state index contributed by atoms with van der Waals surface area (Å²) in [6.07, 6.45) is 9.89. The zero-order chi connectivity index (χ0) is 16.4. The highest BCUT2D eigenvalue weighted by Crippen LogP contribution is 2.27. The van der Waals surface area contributed by atoms with Crippen LogP contribution < -0.4 is 5.32 Å². The van der Waals surface area contributed by atoms with E-state index in [0.717, 1.165) is 5.39 Å². The van der Waals surface area contributed by atoms with E-state index in [9.17, 15) is 14.7 Å². The van der Waals surface area contributed by atoms with Gasteiger partial charge in [0.15, 0.2) is 11.3 Å². The summed E-state index contributed by atoms with van der Waals surface area (Å²) in [4.78, 5) is 30.6. The van der Waals surface area contributed by atoms with Crippen molar-refractivity contribution in [3.63, 3.8) is 0 Å². The van der Waals surface area contributed by atoms with Crippen LogP contribution in [0.4, 0.5) is 0 Å². The standard InChI is InChI=1S/C16H11N3O4/c1-2-5-18-15-12(16(21)22)13(20)11(23-15)7-9-8-19-14-10(9)4-3-6-17-14/h1,3-4,6-8,18H,5H2,(H,17,19)(H,21,22). The minimum atomic E-state index is -1.38. The Morgan fingerprint density at radius 2 is 2.39 bits per heavy atom. The van der Waals surface area contributed by atoms with Gasteiger partial charge in [-0.3, -0.25) is 4.79 Å². The molecule has 1 aliphatic heterocycles. The number of nitrogens with zero attached hydrogens (tertiary/aromatic N) is 1. The topological polar surface area (TPSA) is 104 Å². The second-order valence-corrected chi connectivity index (χ2v) is 4.65. The highest BCUT2D eigenvalue weighted by molar-refractivity contribution is 6.26. The third kappa shape index (κ3) is 2.53. The first-order valence-electron chi connectivity index (χ1n) is 6.63. The number of aromatic amines is 1. The molecule has 114 valence electrons. The summed E-state index contributed by atoms with van der Waals surface area (Å²) in [6.45, 7) is 0.0453. The van der Waals surface area contributed by atoms with Crippen LogP contribution in [0.1, 0.15) is 5.56 Å². The second-order valence-electron chi connectivity index (χ2n) is 4.65. The van der Waals surface area contributed by atoms with Gasteiger partial charge in [-0.2, -0.15) is 0 Å². The van der Waals surface area contributed by atoms with Gasteiger partial charge in [-0.1, -0.05) is 5.92 Å². The van der Waals surface area contributed by atoms with Crippen molar-refractivity contribution in [2.24, 2.45) is 0 Å². The molecule has 2 aromatic rings. The number of carboxylic acids is 1. The van der Waals surface area contributed by atoms with E-state index in [1.54, 1.807) is 18.5 Å². The lowest BCUT2D eigenvalue weighted by atomic mass is 10.1. The molecule has 0 unspecified atom stereocenters. The first kappa shape index (κ1) is 14.4. The number of aliphatic carboxylic acids is 1. The van der Waals surface area contributed by atoms with Gasteiger partial charge in [-0.05, 0) is 18.2 Å². The van der Waals surface area contributed by atoms with E-state index in [2.05, 4.69) is 21.2 Å². The van der Waals surface area contributed by atoms with Crippen LogP contribution in [-0.4, -0.2) is 33.4 Å². The number of hydrogen-bond acceptors (Lipinski definition) is 5. The fourth-order valence-electron chi connectivity index (χ4n) is 2.22. The molecule has 7 nitrogen and oxygen atoms in total. The number of pyridine rings is 1. The van der Waals surface area contributed by atoms with E-state index in [1.807, 2.05) is 6.07 Å². The SMILES string of the molecule is C#CCNC1=C(C(=O)O)C(=O)C(=Cc2c[nH]c3ncccc23)O1. The Kier molecular flexibility index (Phi) is 3.57. The van der Waals surface area contributed by atoms with Crippen LogP contribution in [-0.2, 0) is 14.3 Å². The zero-order valence-corrected chi connectivity index (χ0v) is 11.8. The normalized spacial score (nSPS) is 15.8. The molecule has 0 aliphatic carbocycles. The number of ketones is 1. The Morgan fingerprint density at radius 1 is 1.57 bits per heavy atom. The fourth-order valence-corrected chi connectivity index (χ4v) is 2.22. The Labute approximate surface area is 130 Å². The molecule has 0 fully saturated rings. The van der Waals surface area contributed by atoms with Gasteiger partial charge in [0.25, 0.3) is 0 Å². The maximum Gasteiger partial charge on any atom is 0.345 e. The highest BCUT2D eigenvalue weighted by Gasteiger charge is 2.35. The number of ether oxygens (including phenoxy) is 1. The number of carboxylic acid groups (broad SMARTS) is 1. The minimum absolute atomic E-state index is 0.0453. The molecular weight excluding hydrogens is 298 g/mol. The summed E-state index contributed by atoms with van der Waals surface area (Å²) < 4.78 is 5.34. The predicted octanol–water partition coefficient (Wildman–Crippen LogP) is 1.02. The maximum atomic E-state index is 12.2. The van der Waals surface area contributed by atoms with Gasteiger partial charge in [0, 0.05) is 23.3 Å². The number of aromatic nitrogens is 2. The molecule has 0 atom stereocenters. The molecule has 3 N–H and O–H groups in total. The minimum Gasteiger partial charge on any atom is -0.477 e. The quantitative estimate of drug-likeness (QED) is 0.442. The van der Waals surface area contributed by atoms with Gasteiger partial charge in [-0.15, -0.1) is 6.42 Å². The zero-order valence-electron chi connectivity index (χ0n) is 11.8. The third-order valence-corrected chi connectivity index (χ3v) is 3.22. The van der Waals surface area contributed by atoms with Crippen LogP contribution in [0.2, 0.25) is 0 Å². The summed E-state index contributed by atoms with van der Waals surface area (Å²) in [5.41, 5.74) is 0.853. The molecule has 3 rings (SSSR count). The van der Waals surface area contributed by atoms with Crippen LogP contribution in [0.3, 0.4) is 0 Å². The molecule has 23 heavy (non-hydrogen) atoms. The average Bonchev–Trinajstić information content (AvgIpc) is 3.08. The first-order chi connectivity index (χ1) is 11.1. The van der Waals surface area contributed by atoms with E-state index in [-0.39, 0.29) is 18.2 Å². The molecule has 2 aromatic heterocycles. The van der Waals surface area contributed by atoms with Gasteiger partial charge in [-0.25, -0.2) is 9.78 Å². The molecule has 0 radical (unpaired) electrons. The first-order valence-corrected chi connectivity index (χ1v) is 6.63.